The van der Waals surface area contributed by atoms with Crippen LogP contribution in [0.5, 0.6) is 5.75 Å². The lowest BCUT2D eigenvalue weighted by Gasteiger charge is -2.10. The first kappa shape index (κ1) is 13.2. The second-order valence-corrected chi connectivity index (χ2v) is 3.97. The van der Waals surface area contributed by atoms with Crippen LogP contribution in [-0.4, -0.2) is 24.8 Å². The summed E-state index contributed by atoms with van der Waals surface area (Å²) in [6.45, 7) is 4.41. The van der Waals surface area contributed by atoms with Crippen LogP contribution < -0.4 is 10.1 Å². The van der Waals surface area contributed by atoms with Crippen LogP contribution in [0.15, 0.2) is 24.3 Å². The van der Waals surface area contributed by atoms with Gasteiger partial charge in [-0.25, -0.2) is 0 Å². The highest BCUT2D eigenvalue weighted by Gasteiger charge is 1.99. The molecule has 0 heterocycles. The minimum absolute atomic E-state index is 0.160. The molecule has 0 aliphatic heterocycles. The molecule has 1 aromatic rings. The van der Waals surface area contributed by atoms with Gasteiger partial charge in [0.15, 0.2) is 0 Å². The Morgan fingerprint density at radius 2 is 2.00 bits per heavy atom. The summed E-state index contributed by atoms with van der Waals surface area (Å²) < 4.78 is 5.51. The Balaban J connectivity index is 2.40. The van der Waals surface area contributed by atoms with Crippen LogP contribution in [0, 0.1) is 0 Å². The Morgan fingerprint density at radius 1 is 1.35 bits per heavy atom. The molecule has 0 radical (unpaired) electrons. The normalized spacial score (nSPS) is 10.1. The molecule has 0 aliphatic rings. The molecule has 1 rings (SSSR count). The predicted molar refractivity (Wildman–Crippen MR) is 65.0 cm³/mol. The molecular formula is C13H17NO3. The summed E-state index contributed by atoms with van der Waals surface area (Å²) in [5, 5.41) is 2.49. The third-order valence-electron chi connectivity index (χ3n) is 2.12. The molecule has 0 fully saturated rings. The highest BCUT2D eigenvalue weighted by atomic mass is 16.5. The first-order valence-electron chi connectivity index (χ1n) is 5.60. The largest absolute Gasteiger partial charge is 0.491 e. The number of aldehydes is 1. The van der Waals surface area contributed by atoms with E-state index in [1.165, 1.54) is 0 Å². The topological polar surface area (TPSA) is 55.4 Å². The van der Waals surface area contributed by atoms with E-state index >= 15 is 0 Å². The van der Waals surface area contributed by atoms with Gasteiger partial charge in [-0.3, -0.25) is 9.59 Å². The van der Waals surface area contributed by atoms with Gasteiger partial charge in [0.1, 0.15) is 5.75 Å². The second kappa shape index (κ2) is 6.68. The Labute approximate surface area is 101 Å². The summed E-state index contributed by atoms with van der Waals surface area (Å²) in [5.41, 5.74) is 1.09. The number of hydrogen-bond donors (Lipinski definition) is 1. The molecule has 0 saturated heterocycles. The molecule has 92 valence electrons. The summed E-state index contributed by atoms with van der Waals surface area (Å²) in [5.74, 6) is 0.255. The first-order chi connectivity index (χ1) is 8.11. The highest BCUT2D eigenvalue weighted by Crippen LogP contribution is 2.13. The Kier molecular flexibility index (Phi) is 5.20. The van der Waals surface area contributed by atoms with Gasteiger partial charge in [-0.2, -0.15) is 0 Å². The molecule has 0 saturated carbocycles. The minimum Gasteiger partial charge on any atom is -0.491 e. The number of ether oxygens (including phenoxy) is 1. The van der Waals surface area contributed by atoms with Gasteiger partial charge in [0.05, 0.1) is 6.10 Å². The third kappa shape index (κ3) is 5.15. The van der Waals surface area contributed by atoms with Crippen LogP contribution in [0.2, 0.25) is 0 Å². The van der Waals surface area contributed by atoms with E-state index in [1.54, 1.807) is 0 Å². The Bertz CT molecular complexity index is 371. The predicted octanol–water partition coefficient (Wildman–Crippen LogP) is 1.33. The van der Waals surface area contributed by atoms with Crippen molar-refractivity contribution in [2.45, 2.75) is 26.4 Å². The van der Waals surface area contributed by atoms with Gasteiger partial charge in [-0.1, -0.05) is 12.1 Å². The summed E-state index contributed by atoms with van der Waals surface area (Å²) in [4.78, 5) is 20.7. The number of hydrogen-bond acceptors (Lipinski definition) is 3. The molecule has 0 unspecified atom stereocenters. The van der Waals surface area contributed by atoms with Crippen LogP contribution in [0.4, 0.5) is 0 Å². The van der Waals surface area contributed by atoms with E-state index in [1.807, 2.05) is 38.1 Å². The summed E-state index contributed by atoms with van der Waals surface area (Å²) >= 11 is 0. The molecule has 0 atom stereocenters. The van der Waals surface area contributed by atoms with Gasteiger partial charge in [-0.15, -0.1) is 0 Å². The molecule has 1 N–H and O–H groups in total. The SMILES string of the molecule is CC(C)Oc1ccc(CCNC(=O)C=O)cc1. The zero-order chi connectivity index (χ0) is 12.7. The van der Waals surface area contributed by atoms with E-state index in [9.17, 15) is 9.59 Å². The fraction of sp³-hybridized carbons (Fsp3) is 0.385. The lowest BCUT2D eigenvalue weighted by Crippen LogP contribution is -2.26. The first-order valence-corrected chi connectivity index (χ1v) is 5.60. The zero-order valence-corrected chi connectivity index (χ0v) is 10.1. The van der Waals surface area contributed by atoms with E-state index in [0.717, 1.165) is 11.3 Å². The third-order valence-corrected chi connectivity index (χ3v) is 2.12. The molecule has 0 bridgehead atoms. The van der Waals surface area contributed by atoms with Crippen molar-refractivity contribution in [3.63, 3.8) is 0 Å². The van der Waals surface area contributed by atoms with Crippen molar-refractivity contribution in [2.75, 3.05) is 6.54 Å². The number of amides is 1. The minimum atomic E-state index is -0.579. The number of rotatable bonds is 6. The van der Waals surface area contributed by atoms with Gasteiger partial charge in [0.2, 0.25) is 6.29 Å². The molecule has 0 aliphatic carbocycles. The van der Waals surface area contributed by atoms with Crippen LogP contribution in [-0.2, 0) is 16.0 Å². The van der Waals surface area contributed by atoms with Crippen molar-refractivity contribution in [1.29, 1.82) is 0 Å². The molecule has 0 spiro atoms. The van der Waals surface area contributed by atoms with Gasteiger partial charge in [-0.05, 0) is 38.0 Å². The highest BCUT2D eigenvalue weighted by molar-refractivity contribution is 6.23. The summed E-state index contributed by atoms with van der Waals surface area (Å²) in [6, 6.07) is 7.70. The molecule has 1 amide bonds. The van der Waals surface area contributed by atoms with E-state index < -0.39 is 5.91 Å². The van der Waals surface area contributed by atoms with Crippen LogP contribution in [0.25, 0.3) is 0 Å². The van der Waals surface area contributed by atoms with Gasteiger partial charge >= 0.3 is 0 Å². The maximum absolute atomic E-state index is 10.7. The van der Waals surface area contributed by atoms with Crippen LogP contribution in [0.3, 0.4) is 0 Å². The number of carbonyl (C=O) groups excluding carboxylic acids is 2. The number of nitrogens with one attached hydrogen (secondary N) is 1. The Morgan fingerprint density at radius 3 is 2.53 bits per heavy atom. The van der Waals surface area contributed by atoms with Gasteiger partial charge < -0.3 is 10.1 Å². The second-order valence-electron chi connectivity index (χ2n) is 3.97. The van der Waals surface area contributed by atoms with E-state index in [-0.39, 0.29) is 12.4 Å². The maximum Gasteiger partial charge on any atom is 0.284 e. The van der Waals surface area contributed by atoms with Gasteiger partial charge in [0.25, 0.3) is 5.91 Å². The fourth-order valence-corrected chi connectivity index (χ4v) is 1.38. The number of carbonyl (C=O) groups is 2. The van der Waals surface area contributed by atoms with Crippen molar-refractivity contribution in [3.05, 3.63) is 29.8 Å². The van der Waals surface area contributed by atoms with E-state index in [4.69, 9.17) is 4.74 Å². The zero-order valence-electron chi connectivity index (χ0n) is 10.1. The average molecular weight is 235 g/mol. The van der Waals surface area contributed by atoms with E-state index in [0.29, 0.717) is 13.0 Å². The van der Waals surface area contributed by atoms with Crippen LogP contribution in [0.1, 0.15) is 19.4 Å². The molecule has 1 aromatic carbocycles. The molecule has 0 aromatic heterocycles. The van der Waals surface area contributed by atoms with Crippen molar-refractivity contribution in [1.82, 2.24) is 5.32 Å². The maximum atomic E-state index is 10.7. The van der Waals surface area contributed by atoms with Crippen molar-refractivity contribution < 1.29 is 14.3 Å². The standard InChI is InChI=1S/C13H17NO3/c1-10(2)17-12-5-3-11(4-6-12)7-8-14-13(16)9-15/h3-6,9-10H,7-8H2,1-2H3,(H,14,16). The van der Waals surface area contributed by atoms with Crippen molar-refractivity contribution in [2.24, 2.45) is 0 Å². The monoisotopic (exact) mass is 235 g/mol. The average Bonchev–Trinajstić information content (AvgIpc) is 2.30. The smallest absolute Gasteiger partial charge is 0.284 e. The molecule has 4 heteroatoms. The van der Waals surface area contributed by atoms with Gasteiger partial charge in [0, 0.05) is 6.54 Å². The van der Waals surface area contributed by atoms with Crippen LogP contribution >= 0.6 is 0 Å². The lowest BCUT2D eigenvalue weighted by molar-refractivity contribution is -0.131. The van der Waals surface area contributed by atoms with E-state index in [2.05, 4.69) is 5.32 Å². The number of benzene rings is 1. The lowest BCUT2D eigenvalue weighted by atomic mass is 10.1. The molecular weight excluding hydrogens is 218 g/mol. The fourth-order valence-electron chi connectivity index (χ4n) is 1.38. The summed E-state index contributed by atoms with van der Waals surface area (Å²) in [7, 11) is 0. The van der Waals surface area contributed by atoms with Crippen molar-refractivity contribution >= 4 is 12.2 Å². The quantitative estimate of drug-likeness (QED) is 0.598. The Hall–Kier alpha value is -1.84. The molecule has 4 nitrogen and oxygen atoms in total. The van der Waals surface area contributed by atoms with Crippen molar-refractivity contribution in [3.8, 4) is 5.75 Å². The molecule has 17 heavy (non-hydrogen) atoms. The summed E-state index contributed by atoms with van der Waals surface area (Å²) in [6.07, 6.45) is 1.13.